The first-order valence-electron chi connectivity index (χ1n) is 26.2. The number of halogens is 6. The number of fused-ring (bicyclic) bond motifs is 6. The van der Waals surface area contributed by atoms with E-state index in [9.17, 15) is 13.2 Å². The van der Waals surface area contributed by atoms with Crippen LogP contribution >= 0.6 is 0 Å². The van der Waals surface area contributed by atoms with Crippen LogP contribution in [0.2, 0.25) is 0 Å². The number of alkyl halides is 6. The summed E-state index contributed by atoms with van der Waals surface area (Å²) in [7, 11) is 0. The van der Waals surface area contributed by atoms with Crippen LogP contribution in [0.15, 0.2) is 243 Å². The van der Waals surface area contributed by atoms with Crippen LogP contribution in [-0.4, -0.2) is 39.0 Å². The van der Waals surface area contributed by atoms with Gasteiger partial charge in [0.2, 0.25) is 0 Å². The Morgan fingerprint density at radius 1 is 0.268 bits per heavy atom. The fourth-order valence-electron chi connectivity index (χ4n) is 11.0. The highest BCUT2D eigenvalue weighted by Crippen LogP contribution is 2.49. The summed E-state index contributed by atoms with van der Waals surface area (Å²) in [6, 6.07) is 70.0. The zero-order valence-electron chi connectivity index (χ0n) is 42.9. The molecule has 0 saturated heterocycles. The Hall–Kier alpha value is -10.6. The van der Waals surface area contributed by atoms with Crippen LogP contribution in [0, 0.1) is 0 Å². The molecule has 0 aliphatic heterocycles. The Morgan fingerprint density at radius 3 is 1.06 bits per heavy atom. The lowest BCUT2D eigenvalue weighted by Crippen LogP contribution is -2.17. The van der Waals surface area contributed by atoms with Gasteiger partial charge >= 0.3 is 12.4 Å². The summed E-state index contributed by atoms with van der Waals surface area (Å²) in [4.78, 5) is 29.5. The fourth-order valence-corrected chi connectivity index (χ4v) is 11.0. The molecule has 14 aromatic rings. The van der Waals surface area contributed by atoms with E-state index in [4.69, 9.17) is 29.9 Å². The van der Waals surface area contributed by atoms with Crippen LogP contribution < -0.4 is 0 Å². The van der Waals surface area contributed by atoms with Crippen molar-refractivity contribution in [2.24, 2.45) is 0 Å². The molecule has 8 nitrogen and oxygen atoms in total. The summed E-state index contributed by atoms with van der Waals surface area (Å²) in [6.45, 7) is 0. The van der Waals surface area contributed by atoms with Gasteiger partial charge in [-0.2, -0.15) is 26.3 Å². The van der Waals surface area contributed by atoms with Crippen LogP contribution in [0.25, 0.3) is 134 Å². The topological polar surface area (TPSA) is 87.2 Å². The molecule has 14 heteroatoms. The van der Waals surface area contributed by atoms with E-state index in [1.807, 2.05) is 164 Å². The van der Waals surface area contributed by atoms with Crippen molar-refractivity contribution in [3.63, 3.8) is 0 Å². The molecule has 0 aliphatic carbocycles. The number of benzene rings is 10. The van der Waals surface area contributed by atoms with Crippen molar-refractivity contribution in [3.05, 3.63) is 254 Å². The fraction of sp³-hybridized carbons (Fsp3) is 0.0294. The molecule has 4 aromatic heterocycles. The van der Waals surface area contributed by atoms with Crippen molar-refractivity contribution >= 4 is 43.6 Å². The molecule has 14 rings (SSSR count). The van der Waals surface area contributed by atoms with Gasteiger partial charge in [0.05, 0.1) is 39.0 Å². The van der Waals surface area contributed by atoms with E-state index < -0.39 is 29.2 Å². The highest BCUT2D eigenvalue weighted by atomic mass is 19.4. The number of aromatic nitrogens is 8. The summed E-state index contributed by atoms with van der Waals surface area (Å²) < 4.78 is 99.2. The lowest BCUT2D eigenvalue weighted by atomic mass is 9.95. The standard InChI is InChI=1S/C68H40F6N8/c69-67(70,71)48-27-17-26-45(38-48)49-36-37-56(81-54-30-15-13-28-50(54)52-34-32-46(39-57(52)81)65-77-61(41-18-5-1-6-19-41)75-62(78-65)42-20-7-2-8-21-42)59(68(72,73)74)60(49)82-55-31-16-14-29-51(55)53-35-33-47(40-58(53)82)66-79-63(43-22-9-3-10-23-43)76-64(80-66)44-24-11-4-12-25-44/h1-40H. The second-order valence-corrected chi connectivity index (χ2v) is 19.7. The number of nitrogens with zero attached hydrogens (tertiary/aromatic N) is 8. The molecule has 0 N–H and O–H groups in total. The van der Waals surface area contributed by atoms with Crippen molar-refractivity contribution in [2.45, 2.75) is 12.4 Å². The summed E-state index contributed by atoms with van der Waals surface area (Å²) in [5, 5.41) is 2.49. The van der Waals surface area contributed by atoms with Crippen molar-refractivity contribution in [1.29, 1.82) is 0 Å². The zero-order valence-corrected chi connectivity index (χ0v) is 42.9. The largest absolute Gasteiger partial charge is 0.420 e. The first kappa shape index (κ1) is 49.7. The van der Waals surface area contributed by atoms with E-state index in [1.54, 1.807) is 47.0 Å². The van der Waals surface area contributed by atoms with Gasteiger partial charge in [-0.15, -0.1) is 0 Å². The van der Waals surface area contributed by atoms with Gasteiger partial charge < -0.3 is 9.13 Å². The maximum atomic E-state index is 17.3. The first-order chi connectivity index (χ1) is 39.9. The highest BCUT2D eigenvalue weighted by molar-refractivity contribution is 6.12. The van der Waals surface area contributed by atoms with Gasteiger partial charge in [-0.05, 0) is 48.0 Å². The lowest BCUT2D eigenvalue weighted by molar-refractivity contribution is -0.138. The average molecular weight is 1080 g/mol. The maximum absolute atomic E-state index is 17.3. The zero-order chi connectivity index (χ0) is 55.7. The molecule has 4 heterocycles. The molecular formula is C68H40F6N8. The minimum atomic E-state index is -5.15. The number of rotatable bonds is 9. The summed E-state index contributed by atoms with van der Waals surface area (Å²) in [6.07, 6.45) is -9.96. The third kappa shape index (κ3) is 8.77. The second kappa shape index (κ2) is 19.6. The summed E-state index contributed by atoms with van der Waals surface area (Å²) in [5.74, 6) is 2.09. The third-order valence-electron chi connectivity index (χ3n) is 14.7. The van der Waals surface area contributed by atoms with Crippen molar-refractivity contribution in [2.75, 3.05) is 0 Å². The lowest BCUT2D eigenvalue weighted by Gasteiger charge is -2.25. The van der Waals surface area contributed by atoms with Gasteiger partial charge in [-0.25, -0.2) is 29.9 Å². The van der Waals surface area contributed by atoms with Crippen molar-refractivity contribution in [1.82, 2.24) is 39.0 Å². The van der Waals surface area contributed by atoms with Crippen molar-refractivity contribution < 1.29 is 26.3 Å². The van der Waals surface area contributed by atoms with Gasteiger partial charge in [0.25, 0.3) is 0 Å². The van der Waals surface area contributed by atoms with Crippen LogP contribution in [0.3, 0.4) is 0 Å². The van der Waals surface area contributed by atoms with Crippen LogP contribution in [0.5, 0.6) is 0 Å². The highest BCUT2D eigenvalue weighted by Gasteiger charge is 2.41. The van der Waals surface area contributed by atoms with Gasteiger partial charge in [0.15, 0.2) is 34.9 Å². The number of hydrogen-bond acceptors (Lipinski definition) is 6. The molecule has 0 atom stereocenters. The molecule has 0 aliphatic rings. The predicted molar refractivity (Wildman–Crippen MR) is 310 cm³/mol. The molecule has 10 aromatic carbocycles. The van der Waals surface area contributed by atoms with Crippen LogP contribution in [0.1, 0.15) is 11.1 Å². The van der Waals surface area contributed by atoms with Crippen molar-refractivity contribution in [3.8, 4) is 90.8 Å². The Kier molecular flexibility index (Phi) is 11.9. The Balaban J connectivity index is 1.07. The molecule has 0 unspecified atom stereocenters. The Bertz CT molecular complexity index is 4660. The summed E-state index contributed by atoms with van der Waals surface area (Å²) >= 11 is 0. The number of para-hydroxylation sites is 2. The predicted octanol–water partition coefficient (Wildman–Crippen LogP) is 18.0. The first-order valence-corrected chi connectivity index (χ1v) is 26.2. The Labute approximate surface area is 464 Å². The van der Waals surface area contributed by atoms with Crippen LogP contribution in [0.4, 0.5) is 26.3 Å². The van der Waals surface area contributed by atoms with E-state index in [1.165, 1.54) is 28.8 Å². The van der Waals surface area contributed by atoms with E-state index in [0.717, 1.165) is 34.4 Å². The molecule has 0 fully saturated rings. The van der Waals surface area contributed by atoms with E-state index in [2.05, 4.69) is 0 Å². The molecule has 0 saturated carbocycles. The molecule has 0 amide bonds. The van der Waals surface area contributed by atoms with E-state index >= 15 is 13.2 Å². The van der Waals surface area contributed by atoms with Crippen LogP contribution in [-0.2, 0) is 12.4 Å². The molecule has 0 spiro atoms. The molecule has 0 radical (unpaired) electrons. The van der Waals surface area contributed by atoms with Gasteiger partial charge in [-0.3, -0.25) is 0 Å². The maximum Gasteiger partial charge on any atom is 0.420 e. The van der Waals surface area contributed by atoms with E-state index in [-0.39, 0.29) is 28.5 Å². The minimum absolute atomic E-state index is 0.0794. The number of hydrogen-bond donors (Lipinski definition) is 0. The smallest absolute Gasteiger partial charge is 0.309 e. The SMILES string of the molecule is FC(F)(F)c1cccc(-c2ccc(-n3c4ccccc4c4ccc(-c5nc(-c6ccccc6)nc(-c6ccccc6)n5)cc43)c(C(F)(F)F)c2-n2c3ccccc3c3ccc(-c4nc(-c5ccccc5)nc(-c5ccccc5)n4)cc32)c1. The van der Waals surface area contributed by atoms with Gasteiger partial charge in [0.1, 0.15) is 5.56 Å². The molecular weight excluding hydrogens is 1040 g/mol. The normalized spacial score (nSPS) is 12.0. The monoisotopic (exact) mass is 1080 g/mol. The molecule has 82 heavy (non-hydrogen) atoms. The minimum Gasteiger partial charge on any atom is -0.309 e. The quantitative estimate of drug-likeness (QED) is 0.134. The second-order valence-electron chi connectivity index (χ2n) is 19.7. The molecule has 394 valence electrons. The van der Waals surface area contributed by atoms with E-state index in [0.29, 0.717) is 78.0 Å². The summed E-state index contributed by atoms with van der Waals surface area (Å²) in [5.41, 5.74) is 2.45. The Morgan fingerprint density at radius 2 is 0.634 bits per heavy atom. The van der Waals surface area contributed by atoms with Gasteiger partial charge in [0, 0.05) is 60.5 Å². The average Bonchev–Trinajstić information content (AvgIpc) is 2.16. The molecule has 0 bridgehead atoms. The third-order valence-corrected chi connectivity index (χ3v) is 14.7. The van der Waals surface area contributed by atoms with Gasteiger partial charge in [-0.1, -0.05) is 200 Å².